The van der Waals surface area contributed by atoms with Gasteiger partial charge in [0.15, 0.2) is 0 Å². The van der Waals surface area contributed by atoms with E-state index in [0.717, 1.165) is 12.8 Å². The molecule has 2 amide bonds. The van der Waals surface area contributed by atoms with E-state index in [-0.39, 0.29) is 35.6 Å². The summed E-state index contributed by atoms with van der Waals surface area (Å²) in [4.78, 5) is 37.6. The van der Waals surface area contributed by atoms with Crippen LogP contribution in [0.4, 0.5) is 0 Å². The average Bonchev–Trinajstić information content (AvgIpc) is 2.93. The molecule has 2 fully saturated rings. The van der Waals surface area contributed by atoms with Crippen molar-refractivity contribution in [3.63, 3.8) is 0 Å². The Morgan fingerprint density at radius 1 is 1.37 bits per heavy atom. The van der Waals surface area contributed by atoms with Crippen LogP contribution in [0.2, 0.25) is 0 Å². The Balaban J connectivity index is 2.05. The van der Waals surface area contributed by atoms with Crippen LogP contribution < -0.4 is 17.2 Å². The van der Waals surface area contributed by atoms with Gasteiger partial charge in [-0.3, -0.25) is 0 Å². The van der Waals surface area contributed by atoms with Gasteiger partial charge in [-0.05, 0) is 0 Å². The summed E-state index contributed by atoms with van der Waals surface area (Å²) in [6.45, 7) is 3.97. The van der Waals surface area contributed by atoms with E-state index in [1.54, 1.807) is 0 Å². The molecule has 3 unspecified atom stereocenters. The van der Waals surface area contributed by atoms with Crippen LogP contribution in [0.1, 0.15) is 39.5 Å². The van der Waals surface area contributed by atoms with Crippen molar-refractivity contribution in [2.24, 2.45) is 17.8 Å². The zero-order chi connectivity index (χ0) is 14.2. The van der Waals surface area contributed by atoms with Gasteiger partial charge in [-0.15, -0.1) is 0 Å². The van der Waals surface area contributed by atoms with E-state index in [9.17, 15) is 14.4 Å². The van der Waals surface area contributed by atoms with Crippen molar-refractivity contribution in [3.05, 3.63) is 0 Å². The fourth-order valence-corrected chi connectivity index (χ4v) is 6.17. The summed E-state index contributed by atoms with van der Waals surface area (Å²) < 4.78 is 0.362. The zero-order valence-corrected chi connectivity index (χ0v) is 15.4. The molecule has 2 rings (SSSR count). The molecule has 6 heteroatoms. The number of hydrogen-bond donors (Lipinski definition) is 0. The predicted octanol–water partition coefficient (Wildman–Crippen LogP) is -0.848. The van der Waals surface area contributed by atoms with Crippen molar-refractivity contribution in [2.45, 2.75) is 45.6 Å². The third-order valence-electron chi connectivity index (χ3n) is 4.18. The topological polar surface area (TPSA) is 54.5 Å². The Labute approximate surface area is 133 Å². The molecule has 0 bridgehead atoms. The van der Waals surface area contributed by atoms with E-state index >= 15 is 0 Å². The second-order valence-electron chi connectivity index (χ2n) is 5.70. The Morgan fingerprint density at radius 2 is 2.05 bits per heavy atom. The van der Waals surface area contributed by atoms with Gasteiger partial charge in [-0.1, -0.05) is 0 Å². The van der Waals surface area contributed by atoms with Gasteiger partial charge in [0.05, 0.1) is 0 Å². The SMILES string of the molecule is CC(C)C1CC(=O)N(C2CCC(C(=O)[I-]I)C2)C1=O. The Bertz CT molecular complexity index is 411. The molecule has 0 aromatic carbocycles. The molecule has 2 aliphatic rings. The molecule has 4 nitrogen and oxygen atoms in total. The fourth-order valence-electron chi connectivity index (χ4n) is 3.04. The molecule has 0 aromatic rings. The zero-order valence-electron chi connectivity index (χ0n) is 11.1. The van der Waals surface area contributed by atoms with E-state index in [1.165, 1.54) is 4.90 Å². The van der Waals surface area contributed by atoms with E-state index < -0.39 is 17.2 Å². The second kappa shape index (κ2) is 6.36. The summed E-state index contributed by atoms with van der Waals surface area (Å²) in [5, 5.41) is 0. The molecule has 108 valence electrons. The Hall–Kier alpha value is 0.270. The van der Waals surface area contributed by atoms with Crippen LogP contribution in [0, 0.1) is 17.8 Å². The summed E-state index contributed by atoms with van der Waals surface area (Å²) in [6, 6.07) is -0.0235. The Morgan fingerprint density at radius 3 is 2.58 bits per heavy atom. The molecular formula is C13H18I2NO3-. The third-order valence-corrected chi connectivity index (χ3v) is 8.16. The Kier molecular flexibility index (Phi) is 5.24. The van der Waals surface area contributed by atoms with Crippen molar-refractivity contribution in [1.29, 1.82) is 0 Å². The first kappa shape index (κ1) is 15.7. The van der Waals surface area contributed by atoms with Gasteiger partial charge in [-0.25, -0.2) is 0 Å². The van der Waals surface area contributed by atoms with E-state index in [0.29, 0.717) is 16.6 Å². The average molecular weight is 490 g/mol. The standard InChI is InChI=1S/C13H18I2NO3/c1-7(2)10-6-11(17)16(13(10)19)9-4-3-8(5-9)12(18)15-14/h7-10H,3-6H2,1-2H3/q-1. The molecule has 0 N–H and O–H groups in total. The molecule has 0 aromatic heterocycles. The normalized spacial score (nSPS) is 31.8. The first-order valence-corrected chi connectivity index (χ1v) is 14.0. The number of hydrogen-bond acceptors (Lipinski definition) is 3. The number of amides is 2. The van der Waals surface area contributed by atoms with Crippen LogP contribution in [0.5, 0.6) is 0 Å². The molecule has 0 radical (unpaired) electrons. The minimum absolute atomic E-state index is 0.0118. The monoisotopic (exact) mass is 490 g/mol. The second-order valence-corrected chi connectivity index (χ2v) is 9.90. The van der Waals surface area contributed by atoms with E-state index in [4.69, 9.17) is 0 Å². The number of rotatable bonds is 4. The summed E-state index contributed by atoms with van der Waals surface area (Å²) in [5.41, 5.74) is 0. The van der Waals surface area contributed by atoms with Gasteiger partial charge in [-0.2, -0.15) is 0 Å². The number of nitrogens with zero attached hydrogens (tertiary/aromatic N) is 1. The molecule has 3 atom stereocenters. The van der Waals surface area contributed by atoms with E-state index in [2.05, 4.69) is 18.6 Å². The molecular weight excluding hydrogens is 472 g/mol. The minimum atomic E-state index is -0.400. The summed E-state index contributed by atoms with van der Waals surface area (Å²) in [5.74, 6) is 0.0985. The van der Waals surface area contributed by atoms with Gasteiger partial charge >= 0.3 is 134 Å². The van der Waals surface area contributed by atoms with Gasteiger partial charge in [0.25, 0.3) is 0 Å². The summed E-state index contributed by atoms with van der Waals surface area (Å²) in [6.07, 6.45) is 2.70. The molecule has 1 saturated carbocycles. The van der Waals surface area contributed by atoms with Crippen LogP contribution in [-0.2, 0) is 14.4 Å². The third kappa shape index (κ3) is 3.14. The van der Waals surface area contributed by atoms with Crippen molar-refractivity contribution in [2.75, 3.05) is 0 Å². The van der Waals surface area contributed by atoms with Crippen LogP contribution >= 0.6 is 18.6 Å². The van der Waals surface area contributed by atoms with Crippen LogP contribution in [0.15, 0.2) is 0 Å². The predicted molar refractivity (Wildman–Crippen MR) is 75.0 cm³/mol. The van der Waals surface area contributed by atoms with Gasteiger partial charge in [0.1, 0.15) is 0 Å². The number of likely N-dealkylation sites (tertiary alicyclic amines) is 1. The quantitative estimate of drug-likeness (QED) is 0.294. The van der Waals surface area contributed by atoms with Crippen LogP contribution in [0.3, 0.4) is 0 Å². The number of carbonyl (C=O) groups excluding carboxylic acids is 3. The van der Waals surface area contributed by atoms with Crippen molar-refractivity contribution >= 4 is 34.2 Å². The number of halogens is 2. The van der Waals surface area contributed by atoms with Crippen LogP contribution in [0.25, 0.3) is 0 Å². The van der Waals surface area contributed by atoms with Gasteiger partial charge < -0.3 is 0 Å². The van der Waals surface area contributed by atoms with Gasteiger partial charge in [0.2, 0.25) is 0 Å². The molecule has 0 spiro atoms. The van der Waals surface area contributed by atoms with Crippen molar-refractivity contribution < 1.29 is 31.6 Å². The summed E-state index contributed by atoms with van der Waals surface area (Å²) in [7, 11) is 0. The maximum absolute atomic E-state index is 12.3. The fraction of sp³-hybridized carbons (Fsp3) is 0.769. The van der Waals surface area contributed by atoms with Crippen LogP contribution in [-0.4, -0.2) is 26.5 Å². The maximum atomic E-state index is 12.3. The van der Waals surface area contributed by atoms with Gasteiger partial charge in [0, 0.05) is 0 Å². The van der Waals surface area contributed by atoms with Crippen molar-refractivity contribution in [3.8, 4) is 0 Å². The number of imide groups is 1. The molecule has 1 aliphatic heterocycles. The first-order chi connectivity index (χ1) is 8.95. The molecule has 1 heterocycles. The van der Waals surface area contributed by atoms with Crippen molar-refractivity contribution in [1.82, 2.24) is 4.90 Å². The molecule has 19 heavy (non-hydrogen) atoms. The molecule has 1 aliphatic carbocycles. The summed E-state index contributed by atoms with van der Waals surface area (Å²) >= 11 is 1.79. The molecule has 1 saturated heterocycles. The van der Waals surface area contributed by atoms with E-state index in [1.807, 2.05) is 13.8 Å². The first-order valence-electron chi connectivity index (χ1n) is 6.61. The number of carbonyl (C=O) groups is 3.